The third-order valence-corrected chi connectivity index (χ3v) is 3.66. The number of carbonyl (C=O) groups is 2. The van der Waals surface area contributed by atoms with E-state index in [4.69, 9.17) is 4.74 Å². The normalized spacial score (nSPS) is 25.4. The maximum absolute atomic E-state index is 11.4. The number of hydrogen-bond acceptors (Lipinski definition) is 3. The van der Waals surface area contributed by atoms with Crippen LogP contribution in [0.25, 0.3) is 0 Å². The van der Waals surface area contributed by atoms with Crippen LogP contribution in [0.1, 0.15) is 38.5 Å². The lowest BCUT2D eigenvalue weighted by molar-refractivity contribution is -0.136. The van der Waals surface area contributed by atoms with Crippen LogP contribution in [-0.2, 0) is 14.3 Å². The van der Waals surface area contributed by atoms with Gasteiger partial charge in [-0.2, -0.15) is 0 Å². The van der Waals surface area contributed by atoms with Crippen molar-refractivity contribution in [2.75, 3.05) is 6.61 Å². The highest BCUT2D eigenvalue weighted by Crippen LogP contribution is 2.34. The molecule has 1 aliphatic heterocycles. The Morgan fingerprint density at radius 3 is 2.11 bits per heavy atom. The predicted molar refractivity (Wildman–Crippen MR) is 63.2 cm³/mol. The molecular weight excluding hydrogens is 236 g/mol. The summed E-state index contributed by atoms with van der Waals surface area (Å²) < 4.78 is 5.02. The summed E-state index contributed by atoms with van der Waals surface area (Å²) in [6.07, 6.45) is 4.75. The van der Waals surface area contributed by atoms with Crippen LogP contribution in [0, 0.1) is 5.92 Å². The van der Waals surface area contributed by atoms with Gasteiger partial charge in [0.2, 0.25) is 0 Å². The fourth-order valence-corrected chi connectivity index (χ4v) is 2.67. The minimum absolute atomic E-state index is 0.0388. The number of rotatable bonds is 5. The average molecular weight is 254 g/mol. The van der Waals surface area contributed by atoms with Crippen molar-refractivity contribution in [3.8, 4) is 0 Å². The van der Waals surface area contributed by atoms with Crippen LogP contribution < -0.4 is 0 Å². The second-order valence-corrected chi connectivity index (χ2v) is 5.00. The van der Waals surface area contributed by atoms with E-state index < -0.39 is 11.9 Å². The summed E-state index contributed by atoms with van der Waals surface area (Å²) >= 11 is 0. The highest BCUT2D eigenvalue weighted by molar-refractivity contribution is 5.99. The smallest absolute Gasteiger partial charge is 0.332 e. The van der Waals surface area contributed by atoms with Gasteiger partial charge in [-0.1, -0.05) is 19.3 Å². The molecule has 2 N–H and O–H groups in total. The summed E-state index contributed by atoms with van der Waals surface area (Å²) in [7, 11) is 0. The van der Waals surface area contributed by atoms with E-state index in [-0.39, 0.29) is 29.6 Å². The molecule has 0 amide bonds. The van der Waals surface area contributed by atoms with Gasteiger partial charge in [0, 0.05) is 6.42 Å². The Hall–Kier alpha value is -1.36. The SMILES string of the molecule is O=C(O)/C(CC1CO1)=C(/C(=O)O)C1CCCCC1. The molecule has 18 heavy (non-hydrogen) atoms. The zero-order valence-corrected chi connectivity index (χ0v) is 10.2. The minimum Gasteiger partial charge on any atom is -0.478 e. The molecule has 0 radical (unpaired) electrons. The van der Waals surface area contributed by atoms with Crippen molar-refractivity contribution >= 4 is 11.9 Å². The van der Waals surface area contributed by atoms with E-state index in [1.807, 2.05) is 0 Å². The monoisotopic (exact) mass is 254 g/mol. The number of epoxide rings is 1. The Labute approximate surface area is 105 Å². The highest BCUT2D eigenvalue weighted by Gasteiger charge is 2.33. The molecule has 1 unspecified atom stereocenters. The van der Waals surface area contributed by atoms with Gasteiger partial charge in [0.1, 0.15) is 0 Å². The number of carboxylic acid groups (broad SMARTS) is 2. The van der Waals surface area contributed by atoms with Crippen molar-refractivity contribution in [1.29, 1.82) is 0 Å². The predicted octanol–water partition coefficient (Wildman–Crippen LogP) is 1.82. The topological polar surface area (TPSA) is 87.1 Å². The summed E-state index contributed by atoms with van der Waals surface area (Å²) in [5, 5.41) is 18.5. The third kappa shape index (κ3) is 3.10. The molecule has 5 heteroatoms. The average Bonchev–Trinajstić information content (AvgIpc) is 3.13. The highest BCUT2D eigenvalue weighted by atomic mass is 16.6. The van der Waals surface area contributed by atoms with E-state index >= 15 is 0 Å². The van der Waals surface area contributed by atoms with Crippen molar-refractivity contribution in [3.63, 3.8) is 0 Å². The van der Waals surface area contributed by atoms with E-state index in [0.29, 0.717) is 6.61 Å². The summed E-state index contributed by atoms with van der Waals surface area (Å²) in [5.41, 5.74) is 0.148. The van der Waals surface area contributed by atoms with Crippen LogP contribution in [0.5, 0.6) is 0 Å². The van der Waals surface area contributed by atoms with Crippen LogP contribution in [0.4, 0.5) is 0 Å². The summed E-state index contributed by atoms with van der Waals surface area (Å²) in [6.45, 7) is 0.536. The maximum atomic E-state index is 11.4. The fourth-order valence-electron chi connectivity index (χ4n) is 2.67. The Kier molecular flexibility index (Phi) is 4.01. The van der Waals surface area contributed by atoms with Crippen molar-refractivity contribution in [1.82, 2.24) is 0 Å². The first-order valence-corrected chi connectivity index (χ1v) is 6.41. The van der Waals surface area contributed by atoms with Gasteiger partial charge in [0.05, 0.1) is 23.9 Å². The lowest BCUT2D eigenvalue weighted by Gasteiger charge is -2.23. The van der Waals surface area contributed by atoms with E-state index in [1.54, 1.807) is 0 Å². The molecule has 0 aromatic heterocycles. The first-order chi connectivity index (χ1) is 8.59. The molecule has 2 aliphatic rings. The van der Waals surface area contributed by atoms with Crippen molar-refractivity contribution in [3.05, 3.63) is 11.1 Å². The van der Waals surface area contributed by atoms with Gasteiger partial charge in [-0.3, -0.25) is 0 Å². The number of aliphatic carboxylic acids is 2. The summed E-state index contributed by atoms with van der Waals surface area (Å²) in [5.74, 6) is -2.31. The van der Waals surface area contributed by atoms with Crippen LogP contribution in [-0.4, -0.2) is 34.9 Å². The number of hydrogen-bond donors (Lipinski definition) is 2. The van der Waals surface area contributed by atoms with Gasteiger partial charge in [-0.15, -0.1) is 0 Å². The van der Waals surface area contributed by atoms with Gasteiger partial charge in [-0.25, -0.2) is 9.59 Å². The molecule has 0 aromatic carbocycles. The maximum Gasteiger partial charge on any atom is 0.332 e. The van der Waals surface area contributed by atoms with Crippen LogP contribution in [0.2, 0.25) is 0 Å². The quantitative estimate of drug-likeness (QED) is 0.577. The van der Waals surface area contributed by atoms with Crippen molar-refractivity contribution in [2.45, 2.75) is 44.6 Å². The lowest BCUT2D eigenvalue weighted by atomic mass is 9.81. The molecule has 1 saturated carbocycles. The first-order valence-electron chi connectivity index (χ1n) is 6.41. The van der Waals surface area contributed by atoms with Crippen LogP contribution in [0.3, 0.4) is 0 Å². The molecule has 0 aromatic rings. The van der Waals surface area contributed by atoms with Gasteiger partial charge < -0.3 is 14.9 Å². The van der Waals surface area contributed by atoms with Gasteiger partial charge >= 0.3 is 11.9 Å². The zero-order valence-electron chi connectivity index (χ0n) is 10.2. The first kappa shape index (κ1) is 13.1. The van der Waals surface area contributed by atoms with Crippen LogP contribution in [0.15, 0.2) is 11.1 Å². The van der Waals surface area contributed by atoms with Gasteiger partial charge in [0.15, 0.2) is 0 Å². The molecule has 1 heterocycles. The second kappa shape index (κ2) is 5.52. The van der Waals surface area contributed by atoms with E-state index in [9.17, 15) is 19.8 Å². The van der Waals surface area contributed by atoms with Gasteiger partial charge in [-0.05, 0) is 18.8 Å². The zero-order chi connectivity index (χ0) is 13.1. The molecule has 5 nitrogen and oxygen atoms in total. The molecule has 1 saturated heterocycles. The molecule has 1 aliphatic carbocycles. The van der Waals surface area contributed by atoms with E-state index in [0.717, 1.165) is 32.1 Å². The molecule has 100 valence electrons. The lowest BCUT2D eigenvalue weighted by Crippen LogP contribution is -2.21. The van der Waals surface area contributed by atoms with E-state index in [1.165, 1.54) is 0 Å². The van der Waals surface area contributed by atoms with E-state index in [2.05, 4.69) is 0 Å². The summed E-state index contributed by atoms with van der Waals surface area (Å²) in [4.78, 5) is 22.7. The Morgan fingerprint density at radius 1 is 1.06 bits per heavy atom. The second-order valence-electron chi connectivity index (χ2n) is 5.00. The van der Waals surface area contributed by atoms with Gasteiger partial charge in [0.25, 0.3) is 0 Å². The number of ether oxygens (including phenoxy) is 1. The Morgan fingerprint density at radius 2 is 1.67 bits per heavy atom. The number of carboxylic acids is 2. The largest absolute Gasteiger partial charge is 0.478 e. The van der Waals surface area contributed by atoms with Crippen molar-refractivity contribution in [2.24, 2.45) is 5.92 Å². The van der Waals surface area contributed by atoms with Crippen molar-refractivity contribution < 1.29 is 24.5 Å². The van der Waals surface area contributed by atoms with Crippen LogP contribution >= 0.6 is 0 Å². The Balaban J connectivity index is 2.26. The molecular formula is C13H18O5. The minimum atomic E-state index is -1.12. The fraction of sp³-hybridized carbons (Fsp3) is 0.692. The molecule has 1 atom stereocenters. The summed E-state index contributed by atoms with van der Waals surface area (Å²) in [6, 6.07) is 0. The molecule has 0 bridgehead atoms. The molecule has 2 rings (SSSR count). The third-order valence-electron chi connectivity index (χ3n) is 3.66. The molecule has 0 spiro atoms. The molecule has 2 fully saturated rings. The standard InChI is InChI=1S/C13H18O5/c14-12(15)10(6-9-7-18-9)11(13(16)17)8-4-2-1-3-5-8/h8-9H,1-7H2,(H,14,15)(H,16,17)/b11-10+. The Bertz CT molecular complexity index is 375.